The Labute approximate surface area is 241 Å². The maximum atomic E-state index is 14.3. The number of hydrogen-bond donors (Lipinski definition) is 2. The lowest BCUT2D eigenvalue weighted by Gasteiger charge is -2.59. The summed E-state index contributed by atoms with van der Waals surface area (Å²) in [5.74, 6) is 0.457. The van der Waals surface area contributed by atoms with Gasteiger partial charge in [-0.15, -0.1) is 0 Å². The van der Waals surface area contributed by atoms with Gasteiger partial charge in [0, 0.05) is 29.4 Å². The van der Waals surface area contributed by atoms with E-state index in [0.29, 0.717) is 30.7 Å². The van der Waals surface area contributed by atoms with Crippen LogP contribution in [0.4, 0.5) is 5.69 Å². The Morgan fingerprint density at radius 2 is 1.95 bits per heavy atom. The fourth-order valence-electron chi connectivity index (χ4n) is 9.10. The summed E-state index contributed by atoms with van der Waals surface area (Å²) in [7, 11) is 0. The van der Waals surface area contributed by atoms with Gasteiger partial charge in [0.05, 0.1) is 12.2 Å². The third-order valence-electron chi connectivity index (χ3n) is 10.8. The van der Waals surface area contributed by atoms with Gasteiger partial charge in [0.1, 0.15) is 12.4 Å². The molecule has 41 heavy (non-hydrogen) atoms. The molecule has 3 saturated carbocycles. The first-order valence-corrected chi connectivity index (χ1v) is 15.0. The Bertz CT molecular complexity index is 1300. The van der Waals surface area contributed by atoms with Crippen LogP contribution in [0.3, 0.4) is 0 Å². The summed E-state index contributed by atoms with van der Waals surface area (Å²) in [4.78, 5) is 37.8. The average Bonchev–Trinajstić information content (AvgIpc) is 3.40. The van der Waals surface area contributed by atoms with Crippen LogP contribution < -0.4 is 10.1 Å². The normalized spacial score (nSPS) is 40.6. The monoisotopic (exact) mass is 563 g/mol. The molecule has 1 aliphatic heterocycles. The third kappa shape index (κ3) is 4.33. The zero-order chi connectivity index (χ0) is 29.2. The minimum absolute atomic E-state index is 0.0135. The second-order valence-electron chi connectivity index (χ2n) is 13.1. The number of rotatable bonds is 7. The van der Waals surface area contributed by atoms with Gasteiger partial charge >= 0.3 is 0 Å². The number of ketones is 2. The van der Waals surface area contributed by atoms with Gasteiger partial charge in [-0.1, -0.05) is 38.8 Å². The van der Waals surface area contributed by atoms with Crippen molar-refractivity contribution in [1.29, 1.82) is 0 Å². The molecule has 1 amide bonds. The molecule has 1 heterocycles. The number of aliphatic hydroxyl groups is 1. The molecule has 0 aromatic heterocycles. The number of ether oxygens (including phenoxy) is 3. The van der Waals surface area contributed by atoms with E-state index in [0.717, 1.165) is 24.8 Å². The molecule has 1 aromatic carbocycles. The molecule has 5 aliphatic rings. The van der Waals surface area contributed by atoms with Gasteiger partial charge in [-0.05, 0) is 80.4 Å². The van der Waals surface area contributed by atoms with Crippen molar-refractivity contribution < 1.29 is 33.7 Å². The molecule has 0 spiro atoms. The largest absolute Gasteiger partial charge is 0.486 e. The lowest BCUT2D eigenvalue weighted by Crippen LogP contribution is -2.63. The van der Waals surface area contributed by atoms with E-state index in [2.05, 4.69) is 26.1 Å². The highest BCUT2D eigenvalue weighted by Crippen LogP contribution is 2.69. The van der Waals surface area contributed by atoms with Crippen LogP contribution in [0.15, 0.2) is 48.1 Å². The number of hydrogen-bond acceptors (Lipinski definition) is 7. The van der Waals surface area contributed by atoms with Gasteiger partial charge in [-0.25, -0.2) is 0 Å². The molecule has 4 fully saturated rings. The lowest BCUT2D eigenvalue weighted by atomic mass is 9.46. The second kappa shape index (κ2) is 10.2. The third-order valence-corrected chi connectivity index (χ3v) is 10.8. The summed E-state index contributed by atoms with van der Waals surface area (Å²) in [6.07, 6.45) is 8.19. The molecule has 6 unspecified atom stereocenters. The maximum absolute atomic E-state index is 14.3. The standard InChI is InChI=1S/C33H41NO7/c1-5-6-29-40-28-16-25-24-12-7-20-15-22(36)13-14-31(20,3)30(24)26(37)17-32(25,4)33(28,41-29)27(38)18-39-23-10-8-21(9-11-23)34-19(2)35/h8-11,13-15,24-26,28-30,37H,5-7,12,16-18H2,1-4H3,(H,34,35)/t24?,25?,26-,28-,29?,30?,31?,32?,33+/m0/s1. The van der Waals surface area contributed by atoms with Crippen molar-refractivity contribution >= 4 is 23.2 Å². The van der Waals surface area contributed by atoms with Crippen molar-refractivity contribution in [3.8, 4) is 5.75 Å². The molecule has 2 N–H and O–H groups in total. The summed E-state index contributed by atoms with van der Waals surface area (Å²) in [5.41, 5.74) is -0.479. The fourth-order valence-corrected chi connectivity index (χ4v) is 9.10. The van der Waals surface area contributed by atoms with E-state index in [1.54, 1.807) is 36.4 Å². The van der Waals surface area contributed by atoms with E-state index in [9.17, 15) is 19.5 Å². The highest BCUT2D eigenvalue weighted by molar-refractivity contribution is 6.01. The number of nitrogens with one attached hydrogen (secondary N) is 1. The number of Topliss-reactive ketones (excluding diaryl/α,β-unsaturated/α-hetero) is 1. The van der Waals surface area contributed by atoms with Crippen LogP contribution in [0, 0.1) is 28.6 Å². The SMILES string of the molecule is CCCC1O[C@H]2CC3C4CCC5=CC(=O)C=CC5(C)C4[C@@H](O)CC3(C)[C@]2(C(=O)COc2ccc(NC(C)=O)cc2)O1. The van der Waals surface area contributed by atoms with E-state index in [-0.39, 0.29) is 47.2 Å². The van der Waals surface area contributed by atoms with Gasteiger partial charge in [0.2, 0.25) is 11.7 Å². The predicted octanol–water partition coefficient (Wildman–Crippen LogP) is 4.76. The molecule has 1 saturated heterocycles. The zero-order valence-corrected chi connectivity index (χ0v) is 24.4. The smallest absolute Gasteiger partial charge is 0.221 e. The molecule has 220 valence electrons. The minimum Gasteiger partial charge on any atom is -0.486 e. The molecular formula is C33H41NO7. The van der Waals surface area contributed by atoms with Crippen molar-refractivity contribution in [2.45, 2.75) is 90.3 Å². The fraction of sp³-hybridized carbons (Fsp3) is 0.606. The first kappa shape index (κ1) is 28.3. The molecule has 8 nitrogen and oxygen atoms in total. The minimum atomic E-state index is -1.21. The number of carbonyl (C=O) groups is 3. The van der Waals surface area contributed by atoms with E-state index in [1.807, 2.05) is 6.08 Å². The highest BCUT2D eigenvalue weighted by Gasteiger charge is 2.75. The van der Waals surface area contributed by atoms with Gasteiger partial charge in [0.15, 0.2) is 17.7 Å². The maximum Gasteiger partial charge on any atom is 0.221 e. The molecule has 0 radical (unpaired) electrons. The van der Waals surface area contributed by atoms with Gasteiger partial charge in [0.25, 0.3) is 0 Å². The number of carbonyl (C=O) groups excluding carboxylic acids is 3. The molecule has 8 heteroatoms. The van der Waals surface area contributed by atoms with Crippen LogP contribution in [0.2, 0.25) is 0 Å². The predicted molar refractivity (Wildman–Crippen MR) is 152 cm³/mol. The quantitative estimate of drug-likeness (QED) is 0.492. The molecule has 4 aliphatic carbocycles. The van der Waals surface area contributed by atoms with Gasteiger partial charge in [-0.2, -0.15) is 0 Å². The van der Waals surface area contributed by atoms with E-state index >= 15 is 0 Å². The summed E-state index contributed by atoms with van der Waals surface area (Å²) in [6, 6.07) is 6.92. The summed E-state index contributed by atoms with van der Waals surface area (Å²) in [6.45, 7) is 7.60. The van der Waals surface area contributed by atoms with Gasteiger partial charge in [-0.3, -0.25) is 14.4 Å². The highest BCUT2D eigenvalue weighted by atomic mass is 16.7. The lowest BCUT2D eigenvalue weighted by molar-refractivity contribution is -0.200. The molecular weight excluding hydrogens is 522 g/mol. The van der Waals surface area contributed by atoms with Crippen LogP contribution in [0.1, 0.15) is 66.2 Å². The Morgan fingerprint density at radius 3 is 2.66 bits per heavy atom. The van der Waals surface area contributed by atoms with Crippen molar-refractivity contribution in [3.63, 3.8) is 0 Å². The summed E-state index contributed by atoms with van der Waals surface area (Å²) >= 11 is 0. The molecule has 6 rings (SSSR count). The van der Waals surface area contributed by atoms with E-state index in [1.165, 1.54) is 6.92 Å². The number of allylic oxidation sites excluding steroid dienone is 4. The van der Waals surface area contributed by atoms with Crippen molar-refractivity contribution in [3.05, 3.63) is 48.1 Å². The molecule has 1 aromatic rings. The first-order valence-electron chi connectivity index (χ1n) is 15.0. The Morgan fingerprint density at radius 1 is 1.20 bits per heavy atom. The zero-order valence-electron chi connectivity index (χ0n) is 24.4. The van der Waals surface area contributed by atoms with Crippen LogP contribution in [-0.2, 0) is 23.9 Å². The number of benzene rings is 1. The van der Waals surface area contributed by atoms with Crippen LogP contribution in [-0.4, -0.2) is 53.3 Å². The second-order valence-corrected chi connectivity index (χ2v) is 13.1. The van der Waals surface area contributed by atoms with Crippen LogP contribution in [0.5, 0.6) is 5.75 Å². The molecule has 0 bridgehead atoms. The molecule has 9 atom stereocenters. The number of anilines is 1. The number of amides is 1. The van der Waals surface area contributed by atoms with Crippen molar-refractivity contribution in [2.75, 3.05) is 11.9 Å². The Hall–Kier alpha value is -2.81. The first-order chi connectivity index (χ1) is 19.5. The van der Waals surface area contributed by atoms with Crippen LogP contribution in [0.25, 0.3) is 0 Å². The van der Waals surface area contributed by atoms with Crippen LogP contribution >= 0.6 is 0 Å². The van der Waals surface area contributed by atoms with Crippen molar-refractivity contribution in [1.82, 2.24) is 0 Å². The van der Waals surface area contributed by atoms with Crippen molar-refractivity contribution in [2.24, 2.45) is 28.6 Å². The summed E-state index contributed by atoms with van der Waals surface area (Å²) < 4.78 is 19.2. The van der Waals surface area contributed by atoms with E-state index < -0.39 is 29.5 Å². The topological polar surface area (TPSA) is 111 Å². The average molecular weight is 564 g/mol. The Balaban J connectivity index is 1.29. The summed E-state index contributed by atoms with van der Waals surface area (Å²) in [5, 5.41) is 14.6. The van der Waals surface area contributed by atoms with Gasteiger partial charge < -0.3 is 24.6 Å². The number of fused-ring (bicyclic) bond motifs is 7. The number of aliphatic hydroxyl groups excluding tert-OH is 1. The Kier molecular flexibility index (Phi) is 7.03. The van der Waals surface area contributed by atoms with E-state index in [4.69, 9.17) is 14.2 Å².